The molecule has 1 aromatic heterocycles. The number of hydrogen-bond donors (Lipinski definition) is 2. The third kappa shape index (κ3) is 1.77. The van der Waals surface area contributed by atoms with Crippen molar-refractivity contribution in [1.82, 2.24) is 9.88 Å². The molecule has 2 unspecified atom stereocenters. The van der Waals surface area contributed by atoms with Crippen molar-refractivity contribution < 1.29 is 9.84 Å². The van der Waals surface area contributed by atoms with E-state index in [2.05, 4.69) is 28.9 Å². The number of rotatable bonds is 2. The highest BCUT2D eigenvalue weighted by Crippen LogP contribution is 2.47. The van der Waals surface area contributed by atoms with Crippen LogP contribution in [0.2, 0.25) is 0 Å². The first-order chi connectivity index (χ1) is 10.7. The molecule has 2 aliphatic heterocycles. The van der Waals surface area contributed by atoms with Crippen LogP contribution in [0.25, 0.3) is 10.9 Å². The number of H-pyrrole nitrogens is 1. The average molecular weight is 300 g/mol. The fourth-order valence-corrected chi connectivity index (χ4v) is 4.58. The van der Waals surface area contributed by atoms with Gasteiger partial charge in [0.25, 0.3) is 0 Å². The van der Waals surface area contributed by atoms with Gasteiger partial charge in [-0.2, -0.15) is 0 Å². The molecule has 4 nitrogen and oxygen atoms in total. The van der Waals surface area contributed by atoms with Gasteiger partial charge in [0, 0.05) is 41.7 Å². The second kappa shape index (κ2) is 5.00. The van der Waals surface area contributed by atoms with Gasteiger partial charge in [-0.05, 0) is 50.4 Å². The van der Waals surface area contributed by atoms with E-state index in [4.69, 9.17) is 4.74 Å². The van der Waals surface area contributed by atoms with Gasteiger partial charge in [0.15, 0.2) is 0 Å². The van der Waals surface area contributed by atoms with E-state index in [1.807, 2.05) is 6.07 Å². The number of fused-ring (bicyclic) bond motifs is 5. The summed E-state index contributed by atoms with van der Waals surface area (Å²) in [7, 11) is 1.70. The topological polar surface area (TPSA) is 48.5 Å². The highest BCUT2D eigenvalue weighted by molar-refractivity contribution is 5.86. The van der Waals surface area contributed by atoms with Gasteiger partial charge in [-0.1, -0.05) is 0 Å². The summed E-state index contributed by atoms with van der Waals surface area (Å²) in [6.45, 7) is 4.77. The molecule has 4 rings (SSSR count). The van der Waals surface area contributed by atoms with E-state index in [0.717, 1.165) is 37.2 Å². The molecular formula is C18H24N2O2. The molecule has 2 aliphatic rings. The maximum atomic E-state index is 9.92. The molecule has 0 spiro atoms. The third-order valence-electron chi connectivity index (χ3n) is 5.90. The van der Waals surface area contributed by atoms with Gasteiger partial charge >= 0.3 is 0 Å². The Bertz CT molecular complexity index is 708. The minimum absolute atomic E-state index is 0.0765. The SMILES string of the molecule is COc1ccc2c3c([nH]c2c1)C1(C)C(CO)CCCN1CC3. The van der Waals surface area contributed by atoms with E-state index in [1.54, 1.807) is 7.11 Å². The first kappa shape index (κ1) is 14.1. The Morgan fingerprint density at radius 1 is 1.41 bits per heavy atom. The Hall–Kier alpha value is -1.52. The van der Waals surface area contributed by atoms with Crippen LogP contribution in [-0.2, 0) is 12.0 Å². The largest absolute Gasteiger partial charge is 0.497 e. The number of ether oxygens (including phenoxy) is 1. The van der Waals surface area contributed by atoms with E-state index in [0.29, 0.717) is 5.92 Å². The smallest absolute Gasteiger partial charge is 0.120 e. The Morgan fingerprint density at radius 3 is 3.05 bits per heavy atom. The average Bonchev–Trinajstić information content (AvgIpc) is 2.92. The molecule has 2 atom stereocenters. The number of piperidine rings is 1. The summed E-state index contributed by atoms with van der Waals surface area (Å²) >= 11 is 0. The molecule has 1 fully saturated rings. The molecule has 2 aromatic rings. The number of nitrogens with zero attached hydrogens (tertiary/aromatic N) is 1. The first-order valence-electron chi connectivity index (χ1n) is 8.23. The summed E-state index contributed by atoms with van der Waals surface area (Å²) in [5, 5.41) is 11.2. The van der Waals surface area contributed by atoms with E-state index >= 15 is 0 Å². The standard InChI is InChI=1S/C18H24N2O2/c1-18-12(11-21)4-3-8-20(18)9-7-15-14-6-5-13(22-2)10-16(14)19-17(15)18/h5-6,10,12,19,21H,3-4,7-9,11H2,1-2H3. The highest BCUT2D eigenvalue weighted by atomic mass is 16.5. The second-order valence-electron chi connectivity index (χ2n) is 6.80. The molecule has 0 bridgehead atoms. The van der Waals surface area contributed by atoms with Crippen LogP contribution < -0.4 is 4.74 Å². The summed E-state index contributed by atoms with van der Waals surface area (Å²) in [4.78, 5) is 6.22. The number of methoxy groups -OCH3 is 1. The maximum absolute atomic E-state index is 9.92. The zero-order chi connectivity index (χ0) is 15.3. The van der Waals surface area contributed by atoms with Crippen LogP contribution in [0.3, 0.4) is 0 Å². The normalized spacial score (nSPS) is 28.4. The fourth-order valence-electron chi connectivity index (χ4n) is 4.58. The quantitative estimate of drug-likeness (QED) is 0.896. The molecule has 2 N–H and O–H groups in total. The van der Waals surface area contributed by atoms with Crippen LogP contribution in [0.4, 0.5) is 0 Å². The van der Waals surface area contributed by atoms with Crippen LogP contribution in [0.1, 0.15) is 31.0 Å². The molecule has 4 heteroatoms. The lowest BCUT2D eigenvalue weighted by molar-refractivity contribution is -0.0303. The lowest BCUT2D eigenvalue weighted by Crippen LogP contribution is -2.57. The Morgan fingerprint density at radius 2 is 2.27 bits per heavy atom. The van der Waals surface area contributed by atoms with Crippen LogP contribution in [-0.4, -0.2) is 41.8 Å². The fraction of sp³-hybridized carbons (Fsp3) is 0.556. The van der Waals surface area contributed by atoms with E-state index < -0.39 is 0 Å². The molecule has 3 heterocycles. The number of nitrogens with one attached hydrogen (secondary N) is 1. The second-order valence-corrected chi connectivity index (χ2v) is 6.80. The first-order valence-corrected chi connectivity index (χ1v) is 8.23. The third-order valence-corrected chi connectivity index (χ3v) is 5.90. The molecule has 0 radical (unpaired) electrons. The molecule has 22 heavy (non-hydrogen) atoms. The summed E-state index contributed by atoms with van der Waals surface area (Å²) in [6, 6.07) is 6.28. The molecule has 0 saturated carbocycles. The molecule has 1 saturated heterocycles. The van der Waals surface area contributed by atoms with Crippen molar-refractivity contribution in [3.05, 3.63) is 29.5 Å². The van der Waals surface area contributed by atoms with Crippen molar-refractivity contribution in [3.63, 3.8) is 0 Å². The highest BCUT2D eigenvalue weighted by Gasteiger charge is 2.47. The van der Waals surface area contributed by atoms with Gasteiger partial charge in [0.1, 0.15) is 5.75 Å². The monoisotopic (exact) mass is 300 g/mol. The van der Waals surface area contributed by atoms with E-state index in [1.165, 1.54) is 23.1 Å². The number of hydrogen-bond acceptors (Lipinski definition) is 3. The number of benzene rings is 1. The molecule has 0 amide bonds. The molecule has 118 valence electrons. The minimum atomic E-state index is -0.0765. The van der Waals surface area contributed by atoms with Gasteiger partial charge in [0.2, 0.25) is 0 Å². The summed E-state index contributed by atoms with van der Waals surface area (Å²) in [5.74, 6) is 1.19. The van der Waals surface area contributed by atoms with Crippen LogP contribution in [0.15, 0.2) is 18.2 Å². The Kier molecular flexibility index (Phi) is 3.20. The number of aliphatic hydroxyl groups is 1. The predicted octanol–water partition coefficient (Wildman–Crippen LogP) is 2.65. The van der Waals surface area contributed by atoms with Gasteiger partial charge in [0.05, 0.1) is 12.6 Å². The number of aliphatic hydroxyl groups excluding tert-OH is 1. The van der Waals surface area contributed by atoms with Crippen molar-refractivity contribution in [3.8, 4) is 5.75 Å². The van der Waals surface area contributed by atoms with E-state index in [-0.39, 0.29) is 12.1 Å². The number of aromatic nitrogens is 1. The molecular weight excluding hydrogens is 276 g/mol. The molecule has 0 aliphatic carbocycles. The van der Waals surface area contributed by atoms with Crippen LogP contribution in [0.5, 0.6) is 5.75 Å². The Balaban J connectivity index is 1.91. The summed E-state index contributed by atoms with van der Waals surface area (Å²) in [6.07, 6.45) is 3.36. The minimum Gasteiger partial charge on any atom is -0.497 e. The maximum Gasteiger partial charge on any atom is 0.120 e. The van der Waals surface area contributed by atoms with Crippen molar-refractivity contribution >= 4 is 10.9 Å². The van der Waals surface area contributed by atoms with Crippen LogP contribution in [0, 0.1) is 5.92 Å². The van der Waals surface area contributed by atoms with Crippen LogP contribution >= 0.6 is 0 Å². The van der Waals surface area contributed by atoms with Crippen molar-refractivity contribution in [2.45, 2.75) is 31.7 Å². The predicted molar refractivity (Wildman–Crippen MR) is 87.3 cm³/mol. The zero-order valence-electron chi connectivity index (χ0n) is 13.4. The lowest BCUT2D eigenvalue weighted by Gasteiger charge is -2.52. The van der Waals surface area contributed by atoms with Crippen molar-refractivity contribution in [2.24, 2.45) is 5.92 Å². The summed E-state index contributed by atoms with van der Waals surface area (Å²) < 4.78 is 5.36. The van der Waals surface area contributed by atoms with Gasteiger partial charge in [-0.3, -0.25) is 4.90 Å². The zero-order valence-corrected chi connectivity index (χ0v) is 13.4. The van der Waals surface area contributed by atoms with Crippen molar-refractivity contribution in [2.75, 3.05) is 26.8 Å². The molecule has 1 aromatic carbocycles. The Labute approximate surface area is 131 Å². The lowest BCUT2D eigenvalue weighted by atomic mass is 9.72. The van der Waals surface area contributed by atoms with E-state index in [9.17, 15) is 5.11 Å². The van der Waals surface area contributed by atoms with Gasteiger partial charge in [-0.15, -0.1) is 0 Å². The van der Waals surface area contributed by atoms with Crippen molar-refractivity contribution in [1.29, 1.82) is 0 Å². The summed E-state index contributed by atoms with van der Waals surface area (Å²) in [5.41, 5.74) is 3.81. The van der Waals surface area contributed by atoms with Gasteiger partial charge in [-0.25, -0.2) is 0 Å². The number of aromatic amines is 1. The van der Waals surface area contributed by atoms with Gasteiger partial charge < -0.3 is 14.8 Å².